The minimum absolute atomic E-state index is 0.268. The van der Waals surface area contributed by atoms with Crippen molar-refractivity contribution in [2.45, 2.75) is 12.5 Å². The molecule has 0 aliphatic carbocycles. The maximum Gasteiger partial charge on any atom is 0.326 e. The van der Waals surface area contributed by atoms with Crippen LogP contribution in [0.2, 0.25) is 0 Å². The average Bonchev–Trinajstić information content (AvgIpc) is 2.36. The van der Waals surface area contributed by atoms with Gasteiger partial charge in [-0.05, 0) is 11.6 Å². The normalized spacial score (nSPS) is 12.3. The second-order valence-electron chi connectivity index (χ2n) is 3.65. The summed E-state index contributed by atoms with van der Waals surface area (Å²) in [7, 11) is 0. The number of benzene rings is 1. The van der Waals surface area contributed by atoms with E-state index in [-0.39, 0.29) is 6.42 Å². The largest absolute Gasteiger partial charge is 0.480 e. The summed E-state index contributed by atoms with van der Waals surface area (Å²) in [5.74, 6) is -1.45. The Labute approximate surface area is 114 Å². The molecule has 18 heavy (non-hydrogen) atoms. The van der Waals surface area contributed by atoms with Crippen molar-refractivity contribution in [2.24, 2.45) is 0 Å². The number of carboxylic acid groups (broad SMARTS) is 1. The first-order chi connectivity index (χ1) is 8.63. The van der Waals surface area contributed by atoms with Crippen LogP contribution in [0.15, 0.2) is 42.5 Å². The molecule has 0 aliphatic heterocycles. The molecule has 0 heterocycles. The van der Waals surface area contributed by atoms with Gasteiger partial charge in [-0.15, -0.1) is 0 Å². The molecule has 5 heteroatoms. The fraction of sp³-hybridized carbons (Fsp3) is 0.231. The quantitative estimate of drug-likeness (QED) is 0.621. The molecule has 1 atom stereocenters. The zero-order valence-electron chi connectivity index (χ0n) is 9.67. The number of aliphatic carboxylic acids is 1. The van der Waals surface area contributed by atoms with Crippen LogP contribution in [-0.4, -0.2) is 28.4 Å². The lowest BCUT2D eigenvalue weighted by Gasteiger charge is -2.13. The van der Waals surface area contributed by atoms with Crippen LogP contribution in [0, 0.1) is 0 Å². The van der Waals surface area contributed by atoms with Crippen molar-refractivity contribution in [3.63, 3.8) is 0 Å². The Kier molecular flexibility index (Phi) is 6.14. The maximum atomic E-state index is 11.4. The molecule has 0 aliphatic rings. The van der Waals surface area contributed by atoms with Gasteiger partial charge in [0.15, 0.2) is 0 Å². The first kappa shape index (κ1) is 14.4. The molecule has 0 aromatic heterocycles. The van der Waals surface area contributed by atoms with Crippen LogP contribution in [0.5, 0.6) is 0 Å². The summed E-state index contributed by atoms with van der Waals surface area (Å²) in [5, 5.41) is 12.1. The van der Waals surface area contributed by atoms with Crippen molar-refractivity contribution in [3.05, 3.63) is 48.0 Å². The summed E-state index contributed by atoms with van der Waals surface area (Å²) < 4.78 is 0. The summed E-state index contributed by atoms with van der Waals surface area (Å²) in [6, 6.07) is 8.27. The van der Waals surface area contributed by atoms with Crippen LogP contribution in [0.4, 0.5) is 0 Å². The van der Waals surface area contributed by atoms with Crippen molar-refractivity contribution in [1.82, 2.24) is 5.32 Å². The Morgan fingerprint density at radius 2 is 2.00 bits per heavy atom. The van der Waals surface area contributed by atoms with E-state index in [2.05, 4.69) is 21.2 Å². The number of alkyl halides is 1. The van der Waals surface area contributed by atoms with Gasteiger partial charge in [0.1, 0.15) is 6.04 Å². The number of hydrogen-bond acceptors (Lipinski definition) is 2. The maximum absolute atomic E-state index is 11.4. The standard InChI is InChI=1S/C13H14BrNO3/c14-8-4-7-12(16)15-11(13(17)18)9-10-5-2-1-3-6-10/h1-7,11H,8-9H2,(H,15,16)(H,17,18)/b7-4+/t11-/m1/s1. The van der Waals surface area contributed by atoms with Gasteiger partial charge >= 0.3 is 5.97 Å². The third-order valence-corrected chi connectivity index (χ3v) is 2.63. The van der Waals surface area contributed by atoms with Gasteiger partial charge in [0, 0.05) is 11.8 Å². The van der Waals surface area contributed by atoms with Gasteiger partial charge < -0.3 is 10.4 Å². The van der Waals surface area contributed by atoms with E-state index in [9.17, 15) is 9.59 Å². The van der Waals surface area contributed by atoms with Crippen LogP contribution in [0.1, 0.15) is 5.56 Å². The van der Waals surface area contributed by atoms with Crippen molar-refractivity contribution >= 4 is 27.8 Å². The van der Waals surface area contributed by atoms with E-state index in [1.165, 1.54) is 6.08 Å². The number of nitrogens with one attached hydrogen (secondary N) is 1. The SMILES string of the molecule is O=C(/C=C/CBr)N[C@H](Cc1ccccc1)C(=O)O. The molecule has 0 bridgehead atoms. The molecular weight excluding hydrogens is 298 g/mol. The smallest absolute Gasteiger partial charge is 0.326 e. The molecule has 1 aromatic rings. The summed E-state index contributed by atoms with van der Waals surface area (Å²) in [4.78, 5) is 22.5. The number of carbonyl (C=O) groups is 2. The first-order valence-corrected chi connectivity index (χ1v) is 6.55. The number of hydrogen-bond donors (Lipinski definition) is 2. The van der Waals surface area contributed by atoms with Gasteiger partial charge in [0.05, 0.1) is 0 Å². The highest BCUT2D eigenvalue weighted by Gasteiger charge is 2.19. The monoisotopic (exact) mass is 311 g/mol. The Bertz CT molecular complexity index is 431. The zero-order chi connectivity index (χ0) is 13.4. The molecule has 0 fully saturated rings. The average molecular weight is 312 g/mol. The molecule has 0 spiro atoms. The van der Waals surface area contributed by atoms with Gasteiger partial charge in [-0.25, -0.2) is 4.79 Å². The van der Waals surface area contributed by atoms with E-state index in [0.717, 1.165) is 5.56 Å². The highest BCUT2D eigenvalue weighted by atomic mass is 79.9. The lowest BCUT2D eigenvalue weighted by molar-refractivity contribution is -0.141. The van der Waals surface area contributed by atoms with Gasteiger partial charge in [-0.2, -0.15) is 0 Å². The van der Waals surface area contributed by atoms with E-state index in [4.69, 9.17) is 5.11 Å². The molecule has 0 saturated carbocycles. The third kappa shape index (κ3) is 5.14. The highest BCUT2D eigenvalue weighted by Crippen LogP contribution is 2.03. The van der Waals surface area contributed by atoms with Crippen LogP contribution >= 0.6 is 15.9 Å². The number of allylic oxidation sites excluding steroid dienone is 1. The van der Waals surface area contributed by atoms with Crippen molar-refractivity contribution < 1.29 is 14.7 Å². The molecule has 4 nitrogen and oxygen atoms in total. The molecule has 2 N–H and O–H groups in total. The fourth-order valence-electron chi connectivity index (χ4n) is 1.42. The lowest BCUT2D eigenvalue weighted by Crippen LogP contribution is -2.41. The van der Waals surface area contributed by atoms with E-state index in [1.54, 1.807) is 6.08 Å². The number of amides is 1. The topological polar surface area (TPSA) is 66.4 Å². The fourth-order valence-corrected chi connectivity index (χ4v) is 1.61. The Hall–Kier alpha value is -1.62. The third-order valence-electron chi connectivity index (χ3n) is 2.26. The van der Waals surface area contributed by atoms with Crippen LogP contribution < -0.4 is 5.32 Å². The van der Waals surface area contributed by atoms with Gasteiger partial charge in [0.25, 0.3) is 0 Å². The number of carbonyl (C=O) groups excluding carboxylic acids is 1. The number of carboxylic acids is 1. The summed E-state index contributed by atoms with van der Waals surface area (Å²) in [5.41, 5.74) is 0.870. The van der Waals surface area contributed by atoms with E-state index < -0.39 is 17.9 Å². The molecule has 1 aromatic carbocycles. The van der Waals surface area contributed by atoms with Crippen molar-refractivity contribution in [3.8, 4) is 0 Å². The lowest BCUT2D eigenvalue weighted by atomic mass is 10.1. The van der Waals surface area contributed by atoms with Crippen LogP contribution in [0.25, 0.3) is 0 Å². The molecule has 1 amide bonds. The molecular formula is C13H14BrNO3. The van der Waals surface area contributed by atoms with E-state index in [1.807, 2.05) is 30.3 Å². The van der Waals surface area contributed by atoms with Crippen LogP contribution in [-0.2, 0) is 16.0 Å². The predicted molar refractivity (Wildman–Crippen MR) is 72.6 cm³/mol. The highest BCUT2D eigenvalue weighted by molar-refractivity contribution is 9.09. The summed E-state index contributed by atoms with van der Waals surface area (Å²) >= 11 is 3.14. The Balaban J connectivity index is 2.64. The summed E-state index contributed by atoms with van der Waals surface area (Å²) in [6.45, 7) is 0. The van der Waals surface area contributed by atoms with E-state index in [0.29, 0.717) is 5.33 Å². The minimum atomic E-state index is -1.04. The first-order valence-electron chi connectivity index (χ1n) is 5.43. The summed E-state index contributed by atoms with van der Waals surface area (Å²) in [6.07, 6.45) is 3.19. The van der Waals surface area contributed by atoms with Crippen molar-refractivity contribution in [2.75, 3.05) is 5.33 Å². The Morgan fingerprint density at radius 1 is 1.33 bits per heavy atom. The molecule has 1 rings (SSSR count). The minimum Gasteiger partial charge on any atom is -0.480 e. The molecule has 0 unspecified atom stereocenters. The van der Waals surface area contributed by atoms with Gasteiger partial charge in [0.2, 0.25) is 5.91 Å². The zero-order valence-corrected chi connectivity index (χ0v) is 11.3. The van der Waals surface area contributed by atoms with Crippen LogP contribution in [0.3, 0.4) is 0 Å². The molecule has 0 saturated heterocycles. The second kappa shape index (κ2) is 7.66. The molecule has 96 valence electrons. The van der Waals surface area contributed by atoms with E-state index >= 15 is 0 Å². The number of halogens is 1. The number of rotatable bonds is 6. The van der Waals surface area contributed by atoms with Gasteiger partial charge in [-0.1, -0.05) is 52.3 Å². The second-order valence-corrected chi connectivity index (χ2v) is 4.29. The van der Waals surface area contributed by atoms with Crippen molar-refractivity contribution in [1.29, 1.82) is 0 Å². The predicted octanol–water partition coefficient (Wildman–Crippen LogP) is 1.75. The Morgan fingerprint density at radius 3 is 2.56 bits per heavy atom. The van der Waals surface area contributed by atoms with Gasteiger partial charge in [-0.3, -0.25) is 4.79 Å². The molecule has 0 radical (unpaired) electrons.